The Morgan fingerprint density at radius 2 is 1.69 bits per heavy atom. The Hall–Kier alpha value is -3.20. The highest BCUT2D eigenvalue weighted by molar-refractivity contribution is 5.81. The van der Waals surface area contributed by atoms with Gasteiger partial charge in [-0.15, -0.1) is 0 Å². The van der Waals surface area contributed by atoms with E-state index in [4.69, 9.17) is 18.9 Å². The number of hydrogen-bond acceptors (Lipinski definition) is 12. The summed E-state index contributed by atoms with van der Waals surface area (Å²) < 4.78 is 22.5. The number of carbonyl (C=O) groups is 4. The maximum atomic E-state index is 12.2. The molecule has 36 heavy (non-hydrogen) atoms. The van der Waals surface area contributed by atoms with Gasteiger partial charge < -0.3 is 38.7 Å². The zero-order chi connectivity index (χ0) is 26.8. The van der Waals surface area contributed by atoms with Crippen molar-refractivity contribution in [2.75, 3.05) is 19.8 Å². The Morgan fingerprint density at radius 1 is 1.06 bits per heavy atom. The van der Waals surface area contributed by atoms with Gasteiger partial charge in [0.15, 0.2) is 12.3 Å². The third-order valence-electron chi connectivity index (χ3n) is 5.18. The van der Waals surface area contributed by atoms with E-state index in [0.717, 1.165) is 16.8 Å². The van der Waals surface area contributed by atoms with Gasteiger partial charge in [-0.2, -0.15) is 0 Å². The van der Waals surface area contributed by atoms with Crippen molar-refractivity contribution in [3.63, 3.8) is 0 Å². The molecule has 2 rings (SSSR count). The molecule has 1 unspecified atom stereocenters. The van der Waals surface area contributed by atoms with Gasteiger partial charge in [-0.3, -0.25) is 23.9 Å². The molecule has 0 amide bonds. The zero-order valence-corrected chi connectivity index (χ0v) is 19.9. The van der Waals surface area contributed by atoms with Crippen molar-refractivity contribution in [3.05, 3.63) is 33.1 Å². The van der Waals surface area contributed by atoms with Crippen molar-refractivity contribution in [2.24, 2.45) is 0 Å². The minimum absolute atomic E-state index is 0.0256. The van der Waals surface area contributed by atoms with E-state index in [0.29, 0.717) is 0 Å². The molecule has 1 aromatic heterocycles. The smallest absolute Gasteiger partial charge is 0.330 e. The van der Waals surface area contributed by atoms with Gasteiger partial charge in [0.2, 0.25) is 0 Å². The minimum atomic E-state index is -1.41. The molecule has 0 radical (unpaired) electrons. The predicted octanol–water partition coefficient (Wildman–Crippen LogP) is -1.63. The molecule has 0 spiro atoms. The van der Waals surface area contributed by atoms with Crippen LogP contribution in [-0.2, 0) is 38.1 Å². The molecule has 0 bridgehead atoms. The second-order valence-electron chi connectivity index (χ2n) is 8.25. The molecule has 1 aromatic rings. The lowest BCUT2D eigenvalue weighted by Crippen LogP contribution is -2.41. The van der Waals surface area contributed by atoms with E-state index in [1.54, 1.807) is 0 Å². The van der Waals surface area contributed by atoms with Gasteiger partial charge in [-0.25, -0.2) is 4.79 Å². The number of hydrogen-bond donors (Lipinski definition) is 3. The van der Waals surface area contributed by atoms with Crippen LogP contribution in [0.5, 0.6) is 0 Å². The number of nitrogens with zero attached hydrogens (tertiary/aromatic N) is 1. The molecule has 1 aliphatic heterocycles. The average Bonchev–Trinajstić information content (AvgIpc) is 3.13. The third kappa shape index (κ3) is 8.78. The van der Waals surface area contributed by atoms with Crippen molar-refractivity contribution in [3.8, 4) is 0 Å². The Morgan fingerprint density at radius 3 is 2.28 bits per heavy atom. The number of ketones is 2. The molecule has 200 valence electrons. The van der Waals surface area contributed by atoms with Gasteiger partial charge in [0.05, 0.1) is 26.1 Å². The number of nitrogens with one attached hydrogen (secondary N) is 1. The normalized spacial score (nSPS) is 22.1. The molecule has 5 atom stereocenters. The van der Waals surface area contributed by atoms with Gasteiger partial charge in [-0.05, 0) is 13.8 Å². The molecule has 14 heteroatoms. The van der Waals surface area contributed by atoms with Gasteiger partial charge >= 0.3 is 17.6 Å². The van der Waals surface area contributed by atoms with E-state index in [2.05, 4.69) is 0 Å². The van der Waals surface area contributed by atoms with Crippen LogP contribution in [0.3, 0.4) is 0 Å². The number of aromatic nitrogens is 2. The Balaban J connectivity index is 2.13. The highest BCUT2D eigenvalue weighted by Gasteiger charge is 2.46. The highest BCUT2D eigenvalue weighted by Crippen LogP contribution is 2.30. The molecule has 14 nitrogen and oxygen atoms in total. The molecule has 0 aromatic carbocycles. The summed E-state index contributed by atoms with van der Waals surface area (Å²) in [5.41, 5.74) is -1.51. The average molecular weight is 514 g/mol. The van der Waals surface area contributed by atoms with Crippen LogP contribution in [0.4, 0.5) is 0 Å². The number of esters is 2. The Bertz CT molecular complexity index is 1050. The quantitative estimate of drug-likeness (QED) is 0.240. The number of H-pyrrole nitrogens is 1. The Kier molecular flexibility index (Phi) is 11.1. The van der Waals surface area contributed by atoms with Crippen LogP contribution < -0.4 is 11.2 Å². The fourth-order valence-corrected chi connectivity index (χ4v) is 3.29. The topological polar surface area (TPSA) is 201 Å². The van der Waals surface area contributed by atoms with Crippen LogP contribution >= 0.6 is 0 Å². The maximum absolute atomic E-state index is 12.2. The van der Waals surface area contributed by atoms with E-state index in [-0.39, 0.29) is 37.2 Å². The monoisotopic (exact) mass is 514 g/mol. The van der Waals surface area contributed by atoms with E-state index in [1.807, 2.05) is 4.98 Å². The SMILES string of the molecule is CC(=O)CCC(=O)OCC(CO[C@H]1[C@H](O)[C@@H](CO)O[C@H]1n1ccc(=O)[nH]c1=O)OC(=O)CCC(C)=O. The second kappa shape index (κ2) is 13.8. The predicted molar refractivity (Wildman–Crippen MR) is 119 cm³/mol. The van der Waals surface area contributed by atoms with Crippen LogP contribution in [0.2, 0.25) is 0 Å². The lowest BCUT2D eigenvalue weighted by Gasteiger charge is -2.25. The number of rotatable bonds is 14. The summed E-state index contributed by atoms with van der Waals surface area (Å²) in [5, 5.41) is 20.0. The fraction of sp³-hybridized carbons (Fsp3) is 0.636. The third-order valence-corrected chi connectivity index (χ3v) is 5.18. The van der Waals surface area contributed by atoms with E-state index in [9.17, 15) is 39.0 Å². The summed E-state index contributed by atoms with van der Waals surface area (Å²) in [6.07, 6.45) is -5.56. The first-order valence-corrected chi connectivity index (χ1v) is 11.2. The Labute approximate surface area is 205 Å². The summed E-state index contributed by atoms with van der Waals surface area (Å²) in [4.78, 5) is 71.9. The summed E-state index contributed by atoms with van der Waals surface area (Å²) in [5.74, 6) is -1.91. The van der Waals surface area contributed by atoms with E-state index in [1.165, 1.54) is 13.8 Å². The van der Waals surface area contributed by atoms with Gasteiger partial charge in [-0.1, -0.05) is 0 Å². The molecule has 1 fully saturated rings. The van der Waals surface area contributed by atoms with Crippen molar-refractivity contribution in [1.29, 1.82) is 0 Å². The molecule has 3 N–H and O–H groups in total. The number of aliphatic hydroxyl groups excluding tert-OH is 2. The summed E-state index contributed by atoms with van der Waals surface area (Å²) in [6.45, 7) is 1.15. The van der Waals surface area contributed by atoms with Crippen LogP contribution in [0.1, 0.15) is 45.8 Å². The lowest BCUT2D eigenvalue weighted by molar-refractivity contribution is -0.167. The lowest BCUT2D eigenvalue weighted by atomic mass is 10.1. The summed E-state index contributed by atoms with van der Waals surface area (Å²) >= 11 is 0. The molecular formula is C22H30N2O12. The maximum Gasteiger partial charge on any atom is 0.330 e. The first-order valence-electron chi connectivity index (χ1n) is 11.2. The van der Waals surface area contributed by atoms with Crippen molar-refractivity contribution in [2.45, 2.75) is 70.2 Å². The number of carbonyl (C=O) groups excluding carboxylic acids is 4. The number of ether oxygens (including phenoxy) is 4. The van der Waals surface area contributed by atoms with Crippen molar-refractivity contribution < 1.29 is 48.3 Å². The molecule has 1 saturated heterocycles. The molecule has 1 aliphatic rings. The second-order valence-corrected chi connectivity index (χ2v) is 8.25. The van der Waals surface area contributed by atoms with Gasteiger partial charge in [0, 0.05) is 25.1 Å². The molecule has 2 heterocycles. The molecule has 0 aliphatic carbocycles. The van der Waals surface area contributed by atoms with Crippen LogP contribution in [0, 0.1) is 0 Å². The summed E-state index contributed by atoms with van der Waals surface area (Å²) in [7, 11) is 0. The number of Topliss-reactive ketones (excluding diaryl/α,β-unsaturated/α-hetero) is 2. The summed E-state index contributed by atoms with van der Waals surface area (Å²) in [6, 6.07) is 1.06. The standard InChI is InChI=1S/C22H30N2O12/c1-12(26)3-5-17(29)33-10-14(35-18(30)6-4-13(2)27)11-34-20-19(31)15(9-25)36-21(20)24-8-7-16(28)23-22(24)32/h7-8,14-15,19-21,25,31H,3-6,9-11H2,1-2H3,(H,23,28,32)/t14?,15-,19-,20+,21-/m1/s1. The largest absolute Gasteiger partial charge is 0.462 e. The first kappa shape index (κ1) is 29.0. The highest BCUT2D eigenvalue weighted by atomic mass is 16.6. The molecule has 0 saturated carbocycles. The first-order chi connectivity index (χ1) is 17.0. The van der Waals surface area contributed by atoms with Crippen LogP contribution in [-0.4, -0.2) is 87.5 Å². The van der Waals surface area contributed by atoms with Crippen molar-refractivity contribution in [1.82, 2.24) is 9.55 Å². The fourth-order valence-electron chi connectivity index (χ4n) is 3.29. The van der Waals surface area contributed by atoms with E-state index < -0.39 is 73.7 Å². The number of aromatic amines is 1. The minimum Gasteiger partial charge on any atom is -0.462 e. The molecular weight excluding hydrogens is 484 g/mol. The van der Waals surface area contributed by atoms with E-state index >= 15 is 0 Å². The van der Waals surface area contributed by atoms with Crippen LogP contribution in [0.25, 0.3) is 0 Å². The zero-order valence-electron chi connectivity index (χ0n) is 19.9. The van der Waals surface area contributed by atoms with Crippen LogP contribution in [0.15, 0.2) is 21.9 Å². The van der Waals surface area contributed by atoms with Gasteiger partial charge in [0.25, 0.3) is 5.56 Å². The van der Waals surface area contributed by atoms with Crippen molar-refractivity contribution >= 4 is 23.5 Å². The van der Waals surface area contributed by atoms with Gasteiger partial charge in [0.1, 0.15) is 36.5 Å². The number of aliphatic hydroxyl groups is 2.